The normalized spacial score (nSPS) is 10.5. The first kappa shape index (κ1) is 69.8. The van der Waals surface area contributed by atoms with Crippen LogP contribution in [0.1, 0.15) is 27.8 Å². The molecule has 0 bridgehead atoms. The topological polar surface area (TPSA) is 277 Å². The molecule has 0 radical (unpaired) electrons. The Morgan fingerprint density at radius 3 is 1.29 bits per heavy atom. The minimum Gasteiger partial charge on any atom is -0.466 e. The zero-order valence-electron chi connectivity index (χ0n) is 48.6. The molecule has 0 unspecified atom stereocenters. The number of nitrogens with zero attached hydrogens (tertiary/aromatic N) is 9. The Morgan fingerprint density at radius 2 is 0.913 bits per heavy atom. The number of ether oxygens (including phenoxy) is 3. The molecule has 10 aromatic rings. The molecule has 0 atom stereocenters. The fourth-order valence-electron chi connectivity index (χ4n) is 7.38. The van der Waals surface area contributed by atoms with Crippen LogP contribution in [0.25, 0.3) is 68.8 Å². The van der Waals surface area contributed by atoms with Crippen molar-refractivity contribution in [2.45, 2.75) is 19.8 Å². The van der Waals surface area contributed by atoms with Gasteiger partial charge in [0.1, 0.15) is 0 Å². The first-order valence-corrected chi connectivity index (χ1v) is 27.3. The highest BCUT2D eigenvalue weighted by Gasteiger charge is 2.15. The fourth-order valence-corrected chi connectivity index (χ4v) is 7.59. The van der Waals surface area contributed by atoms with Crippen molar-refractivity contribution in [1.29, 1.82) is 0 Å². The number of carbonyl (C=O) groups is 3. The number of H-pyrrole nitrogens is 1. The van der Waals surface area contributed by atoms with Gasteiger partial charge in [-0.15, -0.1) is 0 Å². The first-order chi connectivity index (χ1) is 44.2. The number of carbonyl (C=O) groups excluding carboxylic acids is 3. The molecular formula is C65H51BrF6N10O10. The minimum absolute atomic E-state index is 0.00126. The van der Waals surface area contributed by atoms with E-state index in [-0.39, 0.29) is 42.3 Å². The zero-order chi connectivity index (χ0) is 66.7. The lowest BCUT2D eigenvalue weighted by atomic mass is 10.1. The molecule has 5 aromatic heterocycles. The van der Waals surface area contributed by atoms with Gasteiger partial charge in [-0.25, -0.2) is 80.4 Å². The van der Waals surface area contributed by atoms with Crippen LogP contribution < -0.4 is 11.1 Å². The van der Waals surface area contributed by atoms with E-state index in [1.807, 2.05) is 48.5 Å². The molecular weight excluding hydrogens is 1270 g/mol. The highest BCUT2D eigenvalue weighted by molar-refractivity contribution is 9.10. The maximum absolute atomic E-state index is 13.6. The van der Waals surface area contributed by atoms with Gasteiger partial charge in [-0.1, -0.05) is 61.2 Å². The Morgan fingerprint density at radius 1 is 0.522 bits per heavy atom. The molecule has 0 spiro atoms. The number of aromatic nitrogens is 10. The summed E-state index contributed by atoms with van der Waals surface area (Å²) in [4.78, 5) is 80.5. The van der Waals surface area contributed by atoms with Gasteiger partial charge in [-0.2, -0.15) is 10.2 Å². The number of benzene rings is 5. The molecule has 5 heterocycles. The van der Waals surface area contributed by atoms with E-state index < -0.39 is 63.9 Å². The highest BCUT2D eigenvalue weighted by atomic mass is 79.9. The monoisotopic (exact) mass is 1320 g/mol. The summed E-state index contributed by atoms with van der Waals surface area (Å²) in [6.07, 6.45) is 16.5. The SMILES string of the molecule is C=CC(=O)OC.COC(=O)/C=C/c1cnc(-c2cccc(CO)c2)nc1.COC(=O)/C=C/c1cnc(-c2cccc(Cn3nc(-c4cc(F)c(F)c(F)c4)ccc3=O)c2)nc1.O=c1ccc(-c2cc(F)c(F)c(F)c2)n[nH]1.OCc1cccc(-c2ncc(Br)cn2)c1. The van der Waals surface area contributed by atoms with Gasteiger partial charge < -0.3 is 24.4 Å². The Bertz CT molecular complexity index is 4310. The molecule has 0 amide bonds. The standard InChI is InChI=1S/C25H17F3N4O3.C15H14N2O3.C11H9BrN2O.C10H5F3N2O.C4H6O2/c1-35-23(34)8-5-16-12-29-25(30-13-16)17-4-2-3-15(9-17)14-32-22(33)7-6-21(31-32)18-10-19(26)24(28)20(27)11-18;1-20-14(19)6-5-12-8-16-15(17-9-12)13-4-2-3-11(7-13)10-18;12-10-5-13-11(14-6-10)9-3-1-2-8(4-9)7-15;11-6-3-5(4-7(12)10(6)13)8-1-2-9(16)15-14-8;1-3-4(5)6-2/h2-13H,14H2,1H3;2-9,18H,10H2,1H3;1-6,15H,7H2;1-4H,(H,15,16);3H,1H2,2H3/b8-5+;6-5+;;;. The summed E-state index contributed by atoms with van der Waals surface area (Å²) < 4.78 is 94.2. The largest absolute Gasteiger partial charge is 0.466 e. The fraction of sp³-hybridized carbons (Fsp3) is 0.0923. The van der Waals surface area contributed by atoms with Gasteiger partial charge in [0.15, 0.2) is 52.4 Å². The maximum Gasteiger partial charge on any atom is 0.330 e. The van der Waals surface area contributed by atoms with Crippen molar-refractivity contribution >= 4 is 46.0 Å². The van der Waals surface area contributed by atoms with E-state index in [2.05, 4.69) is 81.9 Å². The number of halogens is 7. The van der Waals surface area contributed by atoms with E-state index in [4.69, 9.17) is 10.2 Å². The number of aromatic amines is 1. The van der Waals surface area contributed by atoms with Crippen molar-refractivity contribution in [3.63, 3.8) is 0 Å². The van der Waals surface area contributed by atoms with Crippen molar-refractivity contribution in [2.24, 2.45) is 0 Å². The summed E-state index contributed by atoms with van der Waals surface area (Å²) >= 11 is 3.28. The predicted octanol–water partition coefficient (Wildman–Crippen LogP) is 10.4. The number of rotatable bonds is 14. The van der Waals surface area contributed by atoms with E-state index in [0.717, 1.165) is 67.8 Å². The quantitative estimate of drug-likeness (QED) is 0.0300. The third-order valence-corrected chi connectivity index (χ3v) is 12.3. The third-order valence-electron chi connectivity index (χ3n) is 11.9. The van der Waals surface area contributed by atoms with E-state index in [0.29, 0.717) is 39.7 Å². The Labute approximate surface area is 527 Å². The number of aliphatic hydroxyl groups excluding tert-OH is 2. The number of hydrogen-bond acceptors (Lipinski definition) is 18. The maximum atomic E-state index is 13.6. The molecule has 0 saturated heterocycles. The van der Waals surface area contributed by atoms with E-state index in [1.165, 1.54) is 57.8 Å². The third kappa shape index (κ3) is 21.2. The van der Waals surface area contributed by atoms with Crippen LogP contribution in [-0.4, -0.2) is 99.3 Å². The first-order valence-electron chi connectivity index (χ1n) is 26.5. The van der Waals surface area contributed by atoms with Gasteiger partial charge in [-0.05, 0) is 99.4 Å². The molecule has 0 aliphatic heterocycles. The molecule has 3 N–H and O–H groups in total. The second-order valence-electron chi connectivity index (χ2n) is 18.3. The molecule has 0 aliphatic rings. The van der Waals surface area contributed by atoms with E-state index in [9.17, 15) is 50.3 Å². The molecule has 5 aromatic carbocycles. The van der Waals surface area contributed by atoms with Gasteiger partial charge in [0, 0.05) is 106 Å². The molecule has 10 rings (SSSR count). The highest BCUT2D eigenvalue weighted by Crippen LogP contribution is 2.24. The van der Waals surface area contributed by atoms with Crippen LogP contribution in [-0.2, 0) is 48.4 Å². The lowest BCUT2D eigenvalue weighted by Gasteiger charge is -2.09. The van der Waals surface area contributed by atoms with Crippen molar-refractivity contribution in [1.82, 2.24) is 49.9 Å². The number of aliphatic hydroxyl groups is 2. The second kappa shape index (κ2) is 35.0. The minimum atomic E-state index is -1.58. The number of nitrogens with one attached hydrogen (secondary N) is 1. The summed E-state index contributed by atoms with van der Waals surface area (Å²) in [6, 6.07) is 30.2. The number of hydrogen-bond donors (Lipinski definition) is 3. The number of esters is 3. The van der Waals surface area contributed by atoms with Crippen LogP contribution in [0.4, 0.5) is 26.3 Å². The molecule has 0 saturated carbocycles. The van der Waals surface area contributed by atoms with Crippen molar-refractivity contribution in [3.8, 4) is 56.7 Å². The summed E-state index contributed by atoms with van der Waals surface area (Å²) in [5, 5.41) is 28.0. The average Bonchev–Trinajstić information content (AvgIpc) is 0.886. The van der Waals surface area contributed by atoms with Crippen LogP contribution >= 0.6 is 15.9 Å². The summed E-state index contributed by atoms with van der Waals surface area (Å²) in [7, 11) is 3.91. The van der Waals surface area contributed by atoms with Crippen LogP contribution in [0.3, 0.4) is 0 Å². The van der Waals surface area contributed by atoms with Crippen LogP contribution in [0.2, 0.25) is 0 Å². The lowest BCUT2D eigenvalue weighted by molar-refractivity contribution is -0.135. The second-order valence-corrected chi connectivity index (χ2v) is 19.2. The van der Waals surface area contributed by atoms with Crippen LogP contribution in [0, 0.1) is 34.9 Å². The summed E-state index contributed by atoms with van der Waals surface area (Å²) in [5.41, 5.74) is 5.54. The van der Waals surface area contributed by atoms with Gasteiger partial charge in [0.25, 0.3) is 11.1 Å². The van der Waals surface area contributed by atoms with Crippen molar-refractivity contribution in [2.75, 3.05) is 21.3 Å². The van der Waals surface area contributed by atoms with Gasteiger partial charge in [-0.3, -0.25) is 9.59 Å². The average molecular weight is 1330 g/mol. The van der Waals surface area contributed by atoms with Crippen LogP contribution in [0.15, 0.2) is 197 Å². The molecule has 20 nitrogen and oxygen atoms in total. The van der Waals surface area contributed by atoms with Gasteiger partial charge in [0.05, 0.1) is 56.9 Å². The van der Waals surface area contributed by atoms with Crippen LogP contribution in [0.5, 0.6) is 0 Å². The zero-order valence-corrected chi connectivity index (χ0v) is 50.1. The van der Waals surface area contributed by atoms with E-state index >= 15 is 0 Å². The molecule has 470 valence electrons. The van der Waals surface area contributed by atoms with Gasteiger partial charge in [0.2, 0.25) is 0 Å². The summed E-state index contributed by atoms with van der Waals surface area (Å²) in [5.74, 6) is -8.08. The smallest absolute Gasteiger partial charge is 0.330 e. The van der Waals surface area contributed by atoms with Crippen molar-refractivity contribution < 1.29 is 65.1 Å². The number of methoxy groups -OCH3 is 3. The molecule has 27 heteroatoms. The van der Waals surface area contributed by atoms with E-state index in [1.54, 1.807) is 67.5 Å². The molecule has 0 aliphatic carbocycles. The molecule has 0 fully saturated rings. The Balaban J connectivity index is 0.000000201. The predicted molar refractivity (Wildman–Crippen MR) is 329 cm³/mol. The van der Waals surface area contributed by atoms with Gasteiger partial charge >= 0.3 is 17.9 Å². The Kier molecular flexibility index (Phi) is 26.6. The van der Waals surface area contributed by atoms with Crippen molar-refractivity contribution in [3.05, 3.63) is 271 Å². The Hall–Kier alpha value is -11.3. The lowest BCUT2D eigenvalue weighted by Crippen LogP contribution is -2.22. The molecule has 92 heavy (non-hydrogen) atoms. The summed E-state index contributed by atoms with van der Waals surface area (Å²) in [6.45, 7) is 3.23.